The number of fused-ring (bicyclic) bond motifs is 1. The van der Waals surface area contributed by atoms with Crippen LogP contribution >= 0.6 is 0 Å². The van der Waals surface area contributed by atoms with Gasteiger partial charge in [-0.1, -0.05) is 24.3 Å². The molecule has 0 spiro atoms. The number of rotatable bonds is 4. The lowest BCUT2D eigenvalue weighted by Crippen LogP contribution is -2.27. The minimum Gasteiger partial charge on any atom is -0.337 e. The Morgan fingerprint density at radius 1 is 1.00 bits per heavy atom. The quantitative estimate of drug-likeness (QED) is 0.501. The number of pyridine rings is 2. The van der Waals surface area contributed by atoms with E-state index in [1.54, 1.807) is 25.5 Å². The summed E-state index contributed by atoms with van der Waals surface area (Å²) in [6.07, 6.45) is 3.33. The fourth-order valence-corrected chi connectivity index (χ4v) is 3.21. The number of para-hydroxylation sites is 1. The monoisotopic (exact) mass is 389 g/mol. The number of benzene rings is 2. The minimum absolute atomic E-state index is 0.0200. The molecule has 0 N–H and O–H groups in total. The first kappa shape index (κ1) is 18.7. The Balaban J connectivity index is 1.74. The average molecular weight is 389 g/mol. The predicted octanol–water partition coefficient (Wildman–Crippen LogP) is 4.85. The number of carbonyl (C=O) groups is 1. The Hall–Kier alpha value is -3.67. The van der Waals surface area contributed by atoms with E-state index in [0.717, 1.165) is 11.6 Å². The molecule has 0 atom stereocenters. The molecule has 4 rings (SSSR count). The van der Waals surface area contributed by atoms with Crippen molar-refractivity contribution in [1.82, 2.24) is 14.9 Å². The van der Waals surface area contributed by atoms with E-state index in [1.807, 2.05) is 36.4 Å². The fourth-order valence-electron chi connectivity index (χ4n) is 3.21. The second-order valence-electron chi connectivity index (χ2n) is 6.71. The Bertz CT molecular complexity index is 1200. The smallest absolute Gasteiger partial charge is 0.254 e. The lowest BCUT2D eigenvalue weighted by molar-refractivity contribution is 0.0785. The van der Waals surface area contributed by atoms with Gasteiger partial charge < -0.3 is 4.90 Å². The van der Waals surface area contributed by atoms with Crippen LogP contribution in [0.4, 0.5) is 8.78 Å². The third kappa shape index (κ3) is 3.82. The number of carbonyl (C=O) groups excluding carboxylic acids is 1. The van der Waals surface area contributed by atoms with Crippen LogP contribution in [0.3, 0.4) is 0 Å². The van der Waals surface area contributed by atoms with Crippen molar-refractivity contribution >= 4 is 16.8 Å². The summed E-state index contributed by atoms with van der Waals surface area (Å²) < 4.78 is 27.2. The Labute approximate surface area is 166 Å². The van der Waals surface area contributed by atoms with E-state index in [0.29, 0.717) is 22.2 Å². The molecule has 4 aromatic rings. The first-order valence-electron chi connectivity index (χ1n) is 9.02. The second-order valence-corrected chi connectivity index (χ2v) is 6.71. The van der Waals surface area contributed by atoms with E-state index in [9.17, 15) is 13.6 Å². The zero-order valence-electron chi connectivity index (χ0n) is 15.6. The lowest BCUT2D eigenvalue weighted by Gasteiger charge is -2.19. The molecule has 2 heterocycles. The number of nitrogens with zero attached hydrogens (tertiary/aromatic N) is 3. The molecular formula is C23H17F2N3O. The molecule has 6 heteroatoms. The molecule has 0 fully saturated rings. The van der Waals surface area contributed by atoms with Gasteiger partial charge in [-0.3, -0.25) is 9.78 Å². The molecule has 2 aromatic heterocycles. The van der Waals surface area contributed by atoms with E-state index in [4.69, 9.17) is 0 Å². The van der Waals surface area contributed by atoms with Crippen LogP contribution in [0, 0.1) is 11.6 Å². The van der Waals surface area contributed by atoms with Crippen molar-refractivity contribution in [3.05, 3.63) is 95.8 Å². The minimum atomic E-state index is -0.679. The average Bonchev–Trinajstić information content (AvgIpc) is 2.75. The van der Waals surface area contributed by atoms with E-state index < -0.39 is 11.6 Å². The van der Waals surface area contributed by atoms with E-state index in [2.05, 4.69) is 9.97 Å². The highest BCUT2D eigenvalue weighted by molar-refractivity contribution is 6.07. The molecule has 29 heavy (non-hydrogen) atoms. The van der Waals surface area contributed by atoms with Gasteiger partial charge in [0.25, 0.3) is 5.91 Å². The van der Waals surface area contributed by atoms with Gasteiger partial charge in [0.15, 0.2) is 0 Å². The summed E-state index contributed by atoms with van der Waals surface area (Å²) in [6, 6.07) is 16.1. The summed E-state index contributed by atoms with van der Waals surface area (Å²) in [6.45, 7) is 0.0200. The summed E-state index contributed by atoms with van der Waals surface area (Å²) >= 11 is 0. The van der Waals surface area contributed by atoms with Crippen LogP contribution in [0.1, 0.15) is 15.9 Å². The van der Waals surface area contributed by atoms with Crippen LogP contribution in [0.5, 0.6) is 0 Å². The van der Waals surface area contributed by atoms with Gasteiger partial charge in [0, 0.05) is 48.6 Å². The summed E-state index contributed by atoms with van der Waals surface area (Å²) in [4.78, 5) is 23.3. The van der Waals surface area contributed by atoms with Crippen LogP contribution < -0.4 is 0 Å². The van der Waals surface area contributed by atoms with E-state index >= 15 is 0 Å². The molecule has 144 valence electrons. The number of hydrogen-bond acceptors (Lipinski definition) is 3. The molecule has 0 aliphatic heterocycles. The molecule has 4 nitrogen and oxygen atoms in total. The normalized spacial score (nSPS) is 10.9. The van der Waals surface area contributed by atoms with Crippen molar-refractivity contribution in [2.24, 2.45) is 0 Å². The fraction of sp³-hybridized carbons (Fsp3) is 0.0870. The SMILES string of the molecule is CN(Cc1ccc(F)cc1F)C(=O)c1cc(-c2ccncc2)nc2ccccc12. The molecule has 0 aliphatic rings. The maximum Gasteiger partial charge on any atom is 0.254 e. The number of halogens is 2. The zero-order valence-corrected chi connectivity index (χ0v) is 15.6. The van der Waals surface area contributed by atoms with Crippen molar-refractivity contribution in [3.63, 3.8) is 0 Å². The standard InChI is InChI=1S/C23H17F2N3O/c1-28(14-16-6-7-17(24)12-20(16)25)23(29)19-13-22(15-8-10-26-11-9-15)27-21-5-3-2-4-18(19)21/h2-13H,14H2,1H3. The van der Waals surface area contributed by atoms with Crippen molar-refractivity contribution in [2.75, 3.05) is 7.05 Å². The summed E-state index contributed by atoms with van der Waals surface area (Å²) in [7, 11) is 1.59. The zero-order chi connectivity index (χ0) is 20.4. The van der Waals surface area contributed by atoms with Crippen LogP contribution in [0.25, 0.3) is 22.2 Å². The van der Waals surface area contributed by atoms with Crippen LogP contribution in [-0.4, -0.2) is 27.8 Å². The van der Waals surface area contributed by atoms with Crippen molar-refractivity contribution in [3.8, 4) is 11.3 Å². The lowest BCUT2D eigenvalue weighted by atomic mass is 10.0. The van der Waals surface area contributed by atoms with Gasteiger partial charge in [-0.25, -0.2) is 13.8 Å². The van der Waals surface area contributed by atoms with E-state index in [1.165, 1.54) is 17.0 Å². The Morgan fingerprint density at radius 3 is 2.52 bits per heavy atom. The largest absolute Gasteiger partial charge is 0.337 e. The Morgan fingerprint density at radius 2 is 1.76 bits per heavy atom. The molecular weight excluding hydrogens is 372 g/mol. The summed E-state index contributed by atoms with van der Waals surface area (Å²) in [5.74, 6) is -1.60. The first-order chi connectivity index (χ1) is 14.0. The first-order valence-corrected chi connectivity index (χ1v) is 9.02. The van der Waals surface area contributed by atoms with Gasteiger partial charge in [0.2, 0.25) is 0 Å². The highest BCUT2D eigenvalue weighted by Crippen LogP contribution is 2.26. The van der Waals surface area contributed by atoms with Crippen LogP contribution in [-0.2, 0) is 6.54 Å². The highest BCUT2D eigenvalue weighted by Gasteiger charge is 2.19. The predicted molar refractivity (Wildman–Crippen MR) is 107 cm³/mol. The van der Waals surface area contributed by atoms with Crippen LogP contribution in [0.15, 0.2) is 73.1 Å². The molecule has 0 saturated heterocycles. The molecule has 0 aliphatic carbocycles. The third-order valence-electron chi connectivity index (χ3n) is 4.69. The molecule has 0 saturated carbocycles. The van der Waals surface area contributed by atoms with Crippen molar-refractivity contribution in [1.29, 1.82) is 0 Å². The number of amides is 1. The molecule has 2 aromatic carbocycles. The van der Waals surface area contributed by atoms with Crippen LogP contribution in [0.2, 0.25) is 0 Å². The maximum atomic E-state index is 14.0. The van der Waals surface area contributed by atoms with Gasteiger partial charge in [-0.05, 0) is 30.3 Å². The van der Waals surface area contributed by atoms with Gasteiger partial charge in [-0.15, -0.1) is 0 Å². The van der Waals surface area contributed by atoms with Crippen molar-refractivity contribution < 1.29 is 13.6 Å². The van der Waals surface area contributed by atoms with Gasteiger partial charge in [0.1, 0.15) is 11.6 Å². The maximum absolute atomic E-state index is 14.0. The second kappa shape index (κ2) is 7.75. The van der Waals surface area contributed by atoms with E-state index in [-0.39, 0.29) is 18.0 Å². The number of aromatic nitrogens is 2. The summed E-state index contributed by atoms with van der Waals surface area (Å²) in [5.41, 5.74) is 2.89. The molecule has 1 amide bonds. The van der Waals surface area contributed by atoms with Gasteiger partial charge in [-0.2, -0.15) is 0 Å². The van der Waals surface area contributed by atoms with Crippen molar-refractivity contribution in [2.45, 2.75) is 6.54 Å². The third-order valence-corrected chi connectivity index (χ3v) is 4.69. The molecule has 0 bridgehead atoms. The molecule has 0 unspecified atom stereocenters. The van der Waals surface area contributed by atoms with Gasteiger partial charge in [0.05, 0.1) is 16.8 Å². The topological polar surface area (TPSA) is 46.1 Å². The highest BCUT2D eigenvalue weighted by atomic mass is 19.1. The Kier molecular flexibility index (Phi) is 4.99. The summed E-state index contributed by atoms with van der Waals surface area (Å²) in [5, 5.41) is 0.710. The molecule has 0 radical (unpaired) electrons. The number of hydrogen-bond donors (Lipinski definition) is 0. The van der Waals surface area contributed by atoms with Gasteiger partial charge >= 0.3 is 0 Å².